The Labute approximate surface area is 101 Å². The molecule has 1 fully saturated rings. The highest BCUT2D eigenvalue weighted by Gasteiger charge is 2.13. The van der Waals surface area contributed by atoms with Crippen LogP contribution in [0.4, 0.5) is 5.82 Å². The molecule has 1 saturated heterocycles. The van der Waals surface area contributed by atoms with Gasteiger partial charge in [-0.3, -0.25) is 0 Å². The summed E-state index contributed by atoms with van der Waals surface area (Å²) in [6.07, 6.45) is 4.40. The topological polar surface area (TPSA) is 34.1 Å². The van der Waals surface area contributed by atoms with Crippen LogP contribution in [0.3, 0.4) is 0 Å². The number of thioether (sulfide) groups is 1. The predicted molar refractivity (Wildman–Crippen MR) is 69.3 cm³/mol. The van der Waals surface area contributed by atoms with Gasteiger partial charge in [0.1, 0.15) is 11.6 Å². The van der Waals surface area contributed by atoms with E-state index >= 15 is 0 Å². The number of aromatic nitrogens is 1. The number of pyridine rings is 1. The standard InChI is InChI=1S/C12H18N2OS/c1-15-11-2-3-12(14-9-11)13-8-10-4-6-16-7-5-10/h2-3,9-10H,4-8H2,1H3,(H,13,14). The molecular formula is C12H18N2OS. The van der Waals surface area contributed by atoms with Crippen molar-refractivity contribution in [2.75, 3.05) is 30.5 Å². The van der Waals surface area contributed by atoms with E-state index in [0.717, 1.165) is 24.0 Å². The molecular weight excluding hydrogens is 220 g/mol. The SMILES string of the molecule is COc1ccc(NCC2CCSCC2)nc1. The fourth-order valence-electron chi connectivity index (χ4n) is 1.81. The first kappa shape index (κ1) is 11.6. The molecule has 0 aromatic carbocycles. The maximum atomic E-state index is 5.07. The Morgan fingerprint density at radius 2 is 2.25 bits per heavy atom. The van der Waals surface area contributed by atoms with Crippen molar-refractivity contribution in [2.45, 2.75) is 12.8 Å². The van der Waals surface area contributed by atoms with Gasteiger partial charge >= 0.3 is 0 Å². The van der Waals surface area contributed by atoms with Gasteiger partial charge in [-0.15, -0.1) is 0 Å². The van der Waals surface area contributed by atoms with Gasteiger partial charge in [-0.2, -0.15) is 11.8 Å². The second-order valence-electron chi connectivity index (χ2n) is 4.02. The maximum absolute atomic E-state index is 5.07. The Morgan fingerprint density at radius 1 is 1.44 bits per heavy atom. The molecule has 0 radical (unpaired) electrons. The number of nitrogens with zero attached hydrogens (tertiary/aromatic N) is 1. The third-order valence-electron chi connectivity index (χ3n) is 2.88. The Kier molecular flexibility index (Phi) is 4.34. The van der Waals surface area contributed by atoms with Crippen molar-refractivity contribution in [1.82, 2.24) is 4.98 Å². The molecule has 3 nitrogen and oxygen atoms in total. The molecule has 1 N–H and O–H groups in total. The van der Waals surface area contributed by atoms with Gasteiger partial charge < -0.3 is 10.1 Å². The number of hydrogen-bond acceptors (Lipinski definition) is 4. The molecule has 1 aliphatic rings. The van der Waals surface area contributed by atoms with Gasteiger partial charge in [0.05, 0.1) is 13.3 Å². The smallest absolute Gasteiger partial charge is 0.137 e. The lowest BCUT2D eigenvalue weighted by Gasteiger charge is -2.21. The number of nitrogens with one attached hydrogen (secondary N) is 1. The summed E-state index contributed by atoms with van der Waals surface area (Å²) in [6, 6.07) is 3.91. The van der Waals surface area contributed by atoms with E-state index in [1.807, 2.05) is 12.1 Å². The molecule has 88 valence electrons. The van der Waals surface area contributed by atoms with Crippen LogP contribution in [0.25, 0.3) is 0 Å². The van der Waals surface area contributed by atoms with Gasteiger partial charge in [0, 0.05) is 6.54 Å². The lowest BCUT2D eigenvalue weighted by Crippen LogP contribution is -2.19. The number of methoxy groups -OCH3 is 1. The lowest BCUT2D eigenvalue weighted by molar-refractivity contribution is 0.413. The average molecular weight is 238 g/mol. The van der Waals surface area contributed by atoms with Crippen LogP contribution in [0.1, 0.15) is 12.8 Å². The molecule has 4 heteroatoms. The van der Waals surface area contributed by atoms with E-state index in [1.165, 1.54) is 24.3 Å². The number of hydrogen-bond donors (Lipinski definition) is 1. The minimum Gasteiger partial charge on any atom is -0.495 e. The Balaban J connectivity index is 1.79. The first-order chi connectivity index (χ1) is 7.88. The summed E-state index contributed by atoms with van der Waals surface area (Å²) in [4.78, 5) is 4.29. The van der Waals surface area contributed by atoms with Crippen LogP contribution in [0.15, 0.2) is 18.3 Å². The third-order valence-corrected chi connectivity index (χ3v) is 3.93. The summed E-state index contributed by atoms with van der Waals surface area (Å²) >= 11 is 2.07. The van der Waals surface area contributed by atoms with E-state index in [4.69, 9.17) is 4.74 Å². The van der Waals surface area contributed by atoms with Gasteiger partial charge in [0.25, 0.3) is 0 Å². The molecule has 0 saturated carbocycles. The van der Waals surface area contributed by atoms with Crippen molar-refractivity contribution in [3.8, 4) is 5.75 Å². The van der Waals surface area contributed by atoms with Crippen molar-refractivity contribution in [2.24, 2.45) is 5.92 Å². The van der Waals surface area contributed by atoms with Crippen LogP contribution in [-0.4, -0.2) is 30.1 Å². The molecule has 0 spiro atoms. The maximum Gasteiger partial charge on any atom is 0.137 e. The summed E-state index contributed by atoms with van der Waals surface area (Å²) in [5.74, 6) is 5.17. The fourth-order valence-corrected chi connectivity index (χ4v) is 3.01. The molecule has 1 aromatic rings. The van der Waals surface area contributed by atoms with E-state index in [1.54, 1.807) is 13.3 Å². The van der Waals surface area contributed by atoms with E-state index in [2.05, 4.69) is 22.1 Å². The lowest BCUT2D eigenvalue weighted by atomic mass is 10.0. The predicted octanol–water partition coefficient (Wildman–Crippen LogP) is 2.65. The molecule has 1 aromatic heterocycles. The zero-order valence-corrected chi connectivity index (χ0v) is 10.4. The third kappa shape index (κ3) is 3.30. The van der Waals surface area contributed by atoms with Crippen molar-refractivity contribution < 1.29 is 4.74 Å². The van der Waals surface area contributed by atoms with Crippen LogP contribution >= 0.6 is 11.8 Å². The summed E-state index contributed by atoms with van der Waals surface area (Å²) in [7, 11) is 1.66. The molecule has 0 amide bonds. The second-order valence-corrected chi connectivity index (χ2v) is 5.24. The Bertz CT molecular complexity index is 309. The number of anilines is 1. The van der Waals surface area contributed by atoms with E-state index in [9.17, 15) is 0 Å². The molecule has 0 unspecified atom stereocenters. The van der Waals surface area contributed by atoms with Crippen LogP contribution in [0.5, 0.6) is 5.75 Å². The second kappa shape index (κ2) is 5.99. The zero-order chi connectivity index (χ0) is 11.2. The van der Waals surface area contributed by atoms with Crippen molar-refractivity contribution in [3.63, 3.8) is 0 Å². The van der Waals surface area contributed by atoms with Crippen LogP contribution < -0.4 is 10.1 Å². The molecule has 1 aliphatic heterocycles. The van der Waals surface area contributed by atoms with Crippen LogP contribution in [0.2, 0.25) is 0 Å². The van der Waals surface area contributed by atoms with Crippen LogP contribution in [0, 0.1) is 5.92 Å². The largest absolute Gasteiger partial charge is 0.495 e. The van der Waals surface area contributed by atoms with Gasteiger partial charge in [-0.1, -0.05) is 0 Å². The summed E-state index contributed by atoms with van der Waals surface area (Å²) in [5, 5.41) is 3.39. The molecule has 16 heavy (non-hydrogen) atoms. The van der Waals surface area contributed by atoms with Crippen molar-refractivity contribution >= 4 is 17.6 Å². The minimum absolute atomic E-state index is 0.805. The fraction of sp³-hybridized carbons (Fsp3) is 0.583. The average Bonchev–Trinajstić information content (AvgIpc) is 2.38. The summed E-state index contributed by atoms with van der Waals surface area (Å²) in [5.41, 5.74) is 0. The summed E-state index contributed by atoms with van der Waals surface area (Å²) < 4.78 is 5.07. The van der Waals surface area contributed by atoms with E-state index < -0.39 is 0 Å². The first-order valence-corrected chi connectivity index (χ1v) is 6.85. The summed E-state index contributed by atoms with van der Waals surface area (Å²) in [6.45, 7) is 1.04. The van der Waals surface area contributed by atoms with Crippen molar-refractivity contribution in [1.29, 1.82) is 0 Å². The zero-order valence-electron chi connectivity index (χ0n) is 9.61. The van der Waals surface area contributed by atoms with Gasteiger partial charge in [-0.05, 0) is 42.4 Å². The number of rotatable bonds is 4. The molecule has 2 heterocycles. The normalized spacial score (nSPS) is 17.1. The molecule has 0 bridgehead atoms. The van der Waals surface area contributed by atoms with Gasteiger partial charge in [0.15, 0.2) is 0 Å². The van der Waals surface area contributed by atoms with Crippen molar-refractivity contribution in [3.05, 3.63) is 18.3 Å². The van der Waals surface area contributed by atoms with Crippen LogP contribution in [-0.2, 0) is 0 Å². The monoisotopic (exact) mass is 238 g/mol. The van der Waals surface area contributed by atoms with E-state index in [0.29, 0.717) is 0 Å². The highest BCUT2D eigenvalue weighted by atomic mass is 32.2. The Morgan fingerprint density at radius 3 is 2.88 bits per heavy atom. The van der Waals surface area contributed by atoms with Gasteiger partial charge in [0.2, 0.25) is 0 Å². The molecule has 0 aliphatic carbocycles. The first-order valence-electron chi connectivity index (χ1n) is 5.70. The highest BCUT2D eigenvalue weighted by Crippen LogP contribution is 2.23. The quantitative estimate of drug-likeness (QED) is 0.874. The molecule has 0 atom stereocenters. The molecule has 2 rings (SSSR count). The highest BCUT2D eigenvalue weighted by molar-refractivity contribution is 7.99. The minimum atomic E-state index is 0.805. The van der Waals surface area contributed by atoms with E-state index in [-0.39, 0.29) is 0 Å². The van der Waals surface area contributed by atoms with Gasteiger partial charge in [-0.25, -0.2) is 4.98 Å². The number of ether oxygens (including phenoxy) is 1. The Hall–Kier alpha value is -0.900.